The lowest BCUT2D eigenvalue weighted by Gasteiger charge is -2.10. The maximum Gasteiger partial charge on any atom is 0.230 e. The number of hydrogen-bond acceptors (Lipinski definition) is 4. The van der Waals surface area contributed by atoms with Crippen molar-refractivity contribution < 1.29 is 14.3 Å². The lowest BCUT2D eigenvalue weighted by Crippen LogP contribution is -2.27. The standard InChI is InChI=1S/C19H21Cl2NO3S/c1-24-17-7-6-13(10-18(17)25-2)8-9-22-19(23)12-26-11-14-15(20)4-3-5-16(14)21/h3-7,10H,8-9,11-12H2,1-2H3,(H,22,23). The minimum absolute atomic E-state index is 0.0151. The summed E-state index contributed by atoms with van der Waals surface area (Å²) in [5.41, 5.74) is 1.93. The molecule has 2 aromatic rings. The number of methoxy groups -OCH3 is 2. The highest BCUT2D eigenvalue weighted by Gasteiger charge is 2.08. The average Bonchev–Trinajstić information content (AvgIpc) is 2.64. The molecule has 0 aliphatic carbocycles. The molecule has 0 aliphatic heterocycles. The molecule has 0 unspecified atom stereocenters. The molecular formula is C19H21Cl2NO3S. The van der Waals surface area contributed by atoms with Crippen molar-refractivity contribution in [1.29, 1.82) is 0 Å². The predicted molar refractivity (Wildman–Crippen MR) is 109 cm³/mol. The number of ether oxygens (including phenoxy) is 2. The van der Waals surface area contributed by atoms with Crippen LogP contribution in [0.5, 0.6) is 11.5 Å². The summed E-state index contributed by atoms with van der Waals surface area (Å²) in [6.45, 7) is 0.557. The SMILES string of the molecule is COc1ccc(CCNC(=O)CSCc2c(Cl)cccc2Cl)cc1OC. The van der Waals surface area contributed by atoms with Gasteiger partial charge in [0.25, 0.3) is 0 Å². The molecule has 0 aromatic heterocycles. The Kier molecular flexibility index (Phi) is 8.42. The summed E-state index contributed by atoms with van der Waals surface area (Å²) in [5, 5.41) is 4.16. The fraction of sp³-hybridized carbons (Fsp3) is 0.316. The third-order valence-corrected chi connectivity index (χ3v) is 5.39. The van der Waals surface area contributed by atoms with Crippen LogP contribution in [0.2, 0.25) is 10.0 Å². The van der Waals surface area contributed by atoms with Crippen molar-refractivity contribution >= 4 is 40.9 Å². The number of nitrogens with one attached hydrogen (secondary N) is 1. The topological polar surface area (TPSA) is 47.6 Å². The molecule has 26 heavy (non-hydrogen) atoms. The molecule has 2 rings (SSSR count). The van der Waals surface area contributed by atoms with E-state index in [4.69, 9.17) is 32.7 Å². The Morgan fingerprint density at radius 3 is 2.42 bits per heavy atom. The number of halogens is 2. The Labute approximate surface area is 168 Å². The molecule has 0 atom stereocenters. The van der Waals surface area contributed by atoms with E-state index in [0.717, 1.165) is 11.1 Å². The van der Waals surface area contributed by atoms with Crippen LogP contribution in [-0.4, -0.2) is 32.4 Å². The van der Waals surface area contributed by atoms with E-state index in [9.17, 15) is 4.79 Å². The van der Waals surface area contributed by atoms with Gasteiger partial charge in [0.1, 0.15) is 0 Å². The quantitative estimate of drug-likeness (QED) is 0.652. The smallest absolute Gasteiger partial charge is 0.230 e. The number of hydrogen-bond donors (Lipinski definition) is 1. The third-order valence-electron chi connectivity index (χ3n) is 3.73. The van der Waals surface area contributed by atoms with E-state index in [0.29, 0.717) is 46.0 Å². The molecule has 0 saturated heterocycles. The van der Waals surface area contributed by atoms with Gasteiger partial charge in [0.15, 0.2) is 11.5 Å². The Hall–Kier alpha value is -1.56. The molecular weight excluding hydrogens is 393 g/mol. The summed E-state index contributed by atoms with van der Waals surface area (Å²) >= 11 is 13.7. The van der Waals surface area contributed by atoms with Gasteiger partial charge in [-0.3, -0.25) is 4.79 Å². The average molecular weight is 414 g/mol. The predicted octanol–water partition coefficient (Wildman–Crippen LogP) is 4.60. The zero-order valence-corrected chi connectivity index (χ0v) is 17.0. The van der Waals surface area contributed by atoms with Gasteiger partial charge < -0.3 is 14.8 Å². The zero-order valence-electron chi connectivity index (χ0n) is 14.7. The molecule has 0 bridgehead atoms. The van der Waals surface area contributed by atoms with Crippen LogP contribution in [0, 0.1) is 0 Å². The van der Waals surface area contributed by atoms with E-state index in [1.54, 1.807) is 32.4 Å². The molecule has 4 nitrogen and oxygen atoms in total. The Balaban J connectivity index is 1.74. The molecule has 140 valence electrons. The normalized spacial score (nSPS) is 10.5. The van der Waals surface area contributed by atoms with Crippen LogP contribution < -0.4 is 14.8 Å². The number of rotatable bonds is 9. The first-order valence-electron chi connectivity index (χ1n) is 8.03. The molecule has 0 fully saturated rings. The first kappa shape index (κ1) is 20.7. The maximum atomic E-state index is 12.0. The molecule has 7 heteroatoms. The van der Waals surface area contributed by atoms with Crippen LogP contribution in [0.4, 0.5) is 0 Å². The molecule has 0 saturated carbocycles. The van der Waals surface area contributed by atoms with Gasteiger partial charge in [-0.25, -0.2) is 0 Å². The molecule has 1 amide bonds. The van der Waals surface area contributed by atoms with Crippen LogP contribution in [0.1, 0.15) is 11.1 Å². The second-order valence-electron chi connectivity index (χ2n) is 5.48. The molecule has 2 aromatic carbocycles. The largest absolute Gasteiger partial charge is 0.493 e. The van der Waals surface area contributed by atoms with E-state index in [-0.39, 0.29) is 5.91 Å². The van der Waals surface area contributed by atoms with E-state index in [1.165, 1.54) is 11.8 Å². The lowest BCUT2D eigenvalue weighted by molar-refractivity contribution is -0.118. The van der Waals surface area contributed by atoms with Gasteiger partial charge in [0.05, 0.1) is 20.0 Å². The Morgan fingerprint density at radius 2 is 1.77 bits per heavy atom. The monoisotopic (exact) mass is 413 g/mol. The minimum Gasteiger partial charge on any atom is -0.493 e. The second kappa shape index (κ2) is 10.6. The van der Waals surface area contributed by atoms with Crippen molar-refractivity contribution in [3.8, 4) is 11.5 Å². The summed E-state index contributed by atoms with van der Waals surface area (Å²) in [6.07, 6.45) is 0.715. The number of carbonyl (C=O) groups excluding carboxylic acids is 1. The second-order valence-corrected chi connectivity index (χ2v) is 7.28. The molecule has 1 N–H and O–H groups in total. The van der Waals surface area contributed by atoms with Crippen molar-refractivity contribution in [1.82, 2.24) is 5.32 Å². The van der Waals surface area contributed by atoms with Crippen LogP contribution in [0.3, 0.4) is 0 Å². The van der Waals surface area contributed by atoms with E-state index >= 15 is 0 Å². The summed E-state index contributed by atoms with van der Waals surface area (Å²) in [7, 11) is 3.21. The van der Waals surface area contributed by atoms with Gasteiger partial charge in [0, 0.05) is 22.3 Å². The van der Waals surface area contributed by atoms with Crippen molar-refractivity contribution in [2.24, 2.45) is 0 Å². The Morgan fingerprint density at radius 1 is 1.08 bits per heavy atom. The molecule has 0 aliphatic rings. The van der Waals surface area contributed by atoms with Gasteiger partial charge in [-0.2, -0.15) is 0 Å². The number of thioether (sulfide) groups is 1. The van der Waals surface area contributed by atoms with Crippen molar-refractivity contribution in [3.63, 3.8) is 0 Å². The summed E-state index contributed by atoms with van der Waals surface area (Å²) < 4.78 is 10.5. The first-order chi connectivity index (χ1) is 12.5. The van der Waals surface area contributed by atoms with Crippen LogP contribution in [0.25, 0.3) is 0 Å². The number of amides is 1. The molecule has 0 radical (unpaired) electrons. The van der Waals surface area contributed by atoms with Crippen LogP contribution >= 0.6 is 35.0 Å². The highest BCUT2D eigenvalue weighted by atomic mass is 35.5. The number of benzene rings is 2. The van der Waals surface area contributed by atoms with Gasteiger partial charge >= 0.3 is 0 Å². The Bertz CT molecular complexity index is 735. The minimum atomic E-state index is -0.0151. The van der Waals surface area contributed by atoms with Crippen molar-refractivity contribution in [2.45, 2.75) is 12.2 Å². The van der Waals surface area contributed by atoms with Crippen molar-refractivity contribution in [3.05, 3.63) is 57.6 Å². The fourth-order valence-electron chi connectivity index (χ4n) is 2.35. The third kappa shape index (κ3) is 6.01. The lowest BCUT2D eigenvalue weighted by atomic mass is 10.1. The van der Waals surface area contributed by atoms with Crippen LogP contribution in [0.15, 0.2) is 36.4 Å². The van der Waals surface area contributed by atoms with Gasteiger partial charge in [-0.15, -0.1) is 11.8 Å². The highest BCUT2D eigenvalue weighted by molar-refractivity contribution is 7.99. The van der Waals surface area contributed by atoms with E-state index < -0.39 is 0 Å². The van der Waals surface area contributed by atoms with Gasteiger partial charge in [-0.1, -0.05) is 35.3 Å². The van der Waals surface area contributed by atoms with E-state index in [1.807, 2.05) is 18.2 Å². The van der Waals surface area contributed by atoms with Crippen molar-refractivity contribution in [2.75, 3.05) is 26.5 Å². The zero-order chi connectivity index (χ0) is 18.9. The fourth-order valence-corrected chi connectivity index (χ4v) is 3.94. The molecule has 0 heterocycles. The molecule has 0 spiro atoms. The van der Waals surface area contributed by atoms with Gasteiger partial charge in [0.2, 0.25) is 5.91 Å². The van der Waals surface area contributed by atoms with Crippen LogP contribution in [-0.2, 0) is 17.0 Å². The van der Waals surface area contributed by atoms with E-state index in [2.05, 4.69) is 5.32 Å². The summed E-state index contributed by atoms with van der Waals surface area (Å²) in [6, 6.07) is 11.1. The summed E-state index contributed by atoms with van der Waals surface area (Å²) in [5.74, 6) is 2.31. The number of carbonyl (C=O) groups is 1. The van der Waals surface area contributed by atoms with Gasteiger partial charge in [-0.05, 0) is 41.8 Å². The highest BCUT2D eigenvalue weighted by Crippen LogP contribution is 2.28. The summed E-state index contributed by atoms with van der Waals surface area (Å²) in [4.78, 5) is 12.0. The maximum absolute atomic E-state index is 12.0. The first-order valence-corrected chi connectivity index (χ1v) is 9.94.